The normalized spacial score (nSPS) is 10.9. The Hall–Kier alpha value is 0.720. The van der Waals surface area contributed by atoms with Crippen LogP contribution in [0, 0.1) is 0 Å². The van der Waals surface area contributed by atoms with Gasteiger partial charge in [0.05, 0.1) is 24.6 Å². The largest absolute Gasteiger partial charge is 1.00 e. The topological polar surface area (TPSA) is 0 Å². The summed E-state index contributed by atoms with van der Waals surface area (Å²) in [6.07, 6.45) is 7.31. The average molecular weight is 197 g/mol. The van der Waals surface area contributed by atoms with E-state index in [2.05, 4.69) is 27.7 Å². The van der Waals surface area contributed by atoms with Crippen molar-refractivity contribution < 1.29 is 12.4 Å². The van der Waals surface area contributed by atoms with Crippen molar-refractivity contribution in [2.75, 3.05) is 24.6 Å². The van der Waals surface area contributed by atoms with Crippen molar-refractivity contribution in [1.82, 2.24) is 0 Å². The van der Waals surface area contributed by atoms with Crippen molar-refractivity contribution in [2.45, 2.75) is 34.1 Å². The predicted molar refractivity (Wildman–Crippen MR) is 53.7 cm³/mol. The first kappa shape index (κ1) is 14.3. The Morgan fingerprint density at radius 3 is 1.27 bits per heavy atom. The van der Waals surface area contributed by atoms with E-state index >= 15 is 0 Å². The van der Waals surface area contributed by atoms with Crippen molar-refractivity contribution in [3.63, 3.8) is 0 Å². The summed E-state index contributed by atoms with van der Waals surface area (Å²) in [5, 5.41) is 0. The van der Waals surface area contributed by atoms with Crippen LogP contribution in [0.25, 0.3) is 0 Å². The Balaban J connectivity index is 0. The Bertz CT molecular complexity index is 71.4. The minimum Gasteiger partial charge on any atom is -1.00 e. The molecule has 0 heterocycles. The zero-order valence-corrected chi connectivity index (χ0v) is 10.0. The molecule has 0 saturated carbocycles. The Morgan fingerprint density at radius 2 is 1.18 bits per heavy atom. The maximum atomic E-state index is 2.37. The monoisotopic (exact) mass is 196 g/mol. The standard InChI is InChI=1S/C9H22P.ClH/c1-5-9-10(6-2,7-3)8-4;/h5-9H2,1-4H3;1H/q+1;/p-1. The molecule has 0 aliphatic rings. The molecule has 0 aromatic heterocycles. The zero-order chi connectivity index (χ0) is 8.04. The minimum absolute atomic E-state index is 0. The first-order valence-corrected chi connectivity index (χ1v) is 7.12. The first-order valence-electron chi connectivity index (χ1n) is 4.59. The van der Waals surface area contributed by atoms with Crippen LogP contribution in [0.3, 0.4) is 0 Å². The summed E-state index contributed by atoms with van der Waals surface area (Å²) in [4.78, 5) is 0. The number of halogens is 1. The van der Waals surface area contributed by atoms with Gasteiger partial charge in [0.25, 0.3) is 0 Å². The zero-order valence-electron chi connectivity index (χ0n) is 8.36. The van der Waals surface area contributed by atoms with Crippen LogP contribution >= 0.6 is 7.26 Å². The smallest absolute Gasteiger partial charge is 0.0591 e. The van der Waals surface area contributed by atoms with Crippen LogP contribution in [0.2, 0.25) is 0 Å². The van der Waals surface area contributed by atoms with Crippen LogP contribution in [0.5, 0.6) is 0 Å². The highest BCUT2D eigenvalue weighted by Gasteiger charge is 2.28. The Kier molecular flexibility index (Phi) is 9.56. The molecule has 0 rings (SSSR count). The SMILES string of the molecule is CCC[P+](CC)(CC)CC.[Cl-]. The molecule has 0 aliphatic carbocycles. The molecule has 0 bridgehead atoms. The fourth-order valence-electron chi connectivity index (χ4n) is 1.62. The molecule has 0 aromatic rings. The van der Waals surface area contributed by atoms with Gasteiger partial charge in [-0.05, 0) is 27.2 Å². The van der Waals surface area contributed by atoms with E-state index in [0.29, 0.717) is 0 Å². The average Bonchev–Trinajstić information content (AvgIpc) is 2.01. The van der Waals surface area contributed by atoms with Crippen LogP contribution in [-0.4, -0.2) is 24.6 Å². The van der Waals surface area contributed by atoms with Crippen molar-refractivity contribution in [3.8, 4) is 0 Å². The van der Waals surface area contributed by atoms with Crippen molar-refractivity contribution in [3.05, 3.63) is 0 Å². The summed E-state index contributed by atoms with van der Waals surface area (Å²) in [5.74, 6) is 0. The molecule has 0 saturated heterocycles. The summed E-state index contributed by atoms with van der Waals surface area (Å²) < 4.78 is 0. The van der Waals surface area contributed by atoms with E-state index < -0.39 is 7.26 Å². The third-order valence-corrected chi connectivity index (χ3v) is 8.13. The van der Waals surface area contributed by atoms with E-state index in [1.807, 2.05) is 0 Å². The molecule has 0 radical (unpaired) electrons. The van der Waals surface area contributed by atoms with E-state index in [9.17, 15) is 0 Å². The van der Waals surface area contributed by atoms with E-state index in [4.69, 9.17) is 0 Å². The second-order valence-electron chi connectivity index (χ2n) is 3.01. The van der Waals surface area contributed by atoms with Gasteiger partial charge >= 0.3 is 0 Å². The van der Waals surface area contributed by atoms with Crippen LogP contribution in [0.15, 0.2) is 0 Å². The molecule has 0 N–H and O–H groups in total. The van der Waals surface area contributed by atoms with Crippen molar-refractivity contribution in [1.29, 1.82) is 0 Å². The molecule has 0 spiro atoms. The van der Waals surface area contributed by atoms with Gasteiger partial charge in [0.15, 0.2) is 0 Å². The van der Waals surface area contributed by atoms with Gasteiger partial charge in [0, 0.05) is 7.26 Å². The van der Waals surface area contributed by atoms with Gasteiger partial charge < -0.3 is 12.4 Å². The van der Waals surface area contributed by atoms with Gasteiger partial charge in [-0.2, -0.15) is 0 Å². The second-order valence-corrected chi connectivity index (χ2v) is 8.04. The first-order chi connectivity index (χ1) is 4.74. The quantitative estimate of drug-likeness (QED) is 0.562. The van der Waals surface area contributed by atoms with E-state index in [0.717, 1.165) is 0 Å². The second kappa shape index (κ2) is 7.37. The van der Waals surface area contributed by atoms with Crippen LogP contribution < -0.4 is 12.4 Å². The lowest BCUT2D eigenvalue weighted by atomic mass is 10.6. The highest BCUT2D eigenvalue weighted by atomic mass is 35.5. The maximum Gasteiger partial charge on any atom is 0.0591 e. The molecule has 0 atom stereocenters. The number of hydrogen-bond donors (Lipinski definition) is 0. The molecule has 2 heteroatoms. The highest BCUT2D eigenvalue weighted by molar-refractivity contribution is 7.75. The molecular formula is C9H22ClP. The van der Waals surface area contributed by atoms with Crippen LogP contribution in [0.4, 0.5) is 0 Å². The summed E-state index contributed by atoms with van der Waals surface area (Å²) in [5.41, 5.74) is 0. The lowest BCUT2D eigenvalue weighted by Crippen LogP contribution is -3.00. The van der Waals surface area contributed by atoms with Gasteiger partial charge in [-0.1, -0.05) is 6.92 Å². The molecule has 0 aliphatic heterocycles. The molecule has 0 fully saturated rings. The van der Waals surface area contributed by atoms with Crippen molar-refractivity contribution in [2.24, 2.45) is 0 Å². The van der Waals surface area contributed by atoms with Gasteiger partial charge in [0.1, 0.15) is 0 Å². The molecular weight excluding hydrogens is 175 g/mol. The third-order valence-electron chi connectivity index (χ3n) is 2.71. The maximum absolute atomic E-state index is 2.37. The van der Waals surface area contributed by atoms with Crippen LogP contribution in [-0.2, 0) is 0 Å². The van der Waals surface area contributed by atoms with Gasteiger partial charge in [-0.25, -0.2) is 0 Å². The van der Waals surface area contributed by atoms with Gasteiger partial charge in [-0.15, -0.1) is 0 Å². The third kappa shape index (κ3) is 4.33. The highest BCUT2D eigenvalue weighted by Crippen LogP contribution is 2.57. The predicted octanol–water partition coefficient (Wildman–Crippen LogP) is 0.478. The molecule has 0 unspecified atom stereocenters. The number of rotatable bonds is 5. The Labute approximate surface area is 78.9 Å². The van der Waals surface area contributed by atoms with E-state index in [1.54, 1.807) is 0 Å². The Morgan fingerprint density at radius 1 is 0.818 bits per heavy atom. The summed E-state index contributed by atoms with van der Waals surface area (Å²) in [6.45, 7) is 9.43. The summed E-state index contributed by atoms with van der Waals surface area (Å²) >= 11 is 0. The molecule has 11 heavy (non-hydrogen) atoms. The fraction of sp³-hybridized carbons (Fsp3) is 1.00. The minimum atomic E-state index is -0.439. The molecule has 70 valence electrons. The fourth-order valence-corrected chi connectivity index (χ4v) is 4.86. The molecule has 0 amide bonds. The van der Waals surface area contributed by atoms with Gasteiger partial charge in [-0.3, -0.25) is 0 Å². The van der Waals surface area contributed by atoms with E-state index in [-0.39, 0.29) is 12.4 Å². The van der Waals surface area contributed by atoms with Crippen molar-refractivity contribution >= 4 is 7.26 Å². The van der Waals surface area contributed by atoms with E-state index in [1.165, 1.54) is 31.1 Å². The lowest BCUT2D eigenvalue weighted by molar-refractivity contribution is -0.00000245. The van der Waals surface area contributed by atoms with Crippen LogP contribution in [0.1, 0.15) is 34.1 Å². The summed E-state index contributed by atoms with van der Waals surface area (Å²) in [7, 11) is -0.439. The number of hydrogen-bond acceptors (Lipinski definition) is 0. The lowest BCUT2D eigenvalue weighted by Gasteiger charge is -2.22. The summed E-state index contributed by atoms with van der Waals surface area (Å²) in [6, 6.07) is 0. The van der Waals surface area contributed by atoms with Gasteiger partial charge in [0.2, 0.25) is 0 Å². The molecule has 0 aromatic carbocycles. The molecule has 0 nitrogen and oxygen atoms in total.